The van der Waals surface area contributed by atoms with Gasteiger partial charge >= 0.3 is 0 Å². The Morgan fingerprint density at radius 2 is 1.23 bits per heavy atom. The van der Waals surface area contributed by atoms with Crippen LogP contribution in [0.3, 0.4) is 0 Å². The molecule has 0 saturated heterocycles. The van der Waals surface area contributed by atoms with E-state index in [1.807, 2.05) is 48.9 Å². The summed E-state index contributed by atoms with van der Waals surface area (Å²) in [4.78, 5) is 31.1. The number of thioether (sulfide) groups is 2. The van der Waals surface area contributed by atoms with Gasteiger partial charge in [-0.15, -0.1) is 23.5 Å². The molecule has 6 rings (SSSR count). The number of pyridine rings is 4. The van der Waals surface area contributed by atoms with Crippen LogP contribution in [0.5, 0.6) is 0 Å². The normalized spacial score (nSPS) is 11.4. The second kappa shape index (κ2) is 11.3. The zero-order valence-corrected chi connectivity index (χ0v) is 23.5. The number of nitrogens with zero attached hydrogens (tertiary/aromatic N) is 5. The quantitative estimate of drug-likeness (QED) is 0.0611. The fourth-order valence-corrected chi connectivity index (χ4v) is 6.17. The Labute approximate surface area is 233 Å². The van der Waals surface area contributed by atoms with Crippen LogP contribution in [-0.2, 0) is 0 Å². The van der Waals surface area contributed by atoms with Gasteiger partial charge in [-0.05, 0) is 73.9 Å². The van der Waals surface area contributed by atoms with Gasteiger partial charge in [0.05, 0.1) is 34.0 Å². The van der Waals surface area contributed by atoms with Crippen molar-refractivity contribution >= 4 is 79.6 Å². The maximum atomic E-state index is 11.0. The van der Waals surface area contributed by atoms with E-state index >= 15 is 0 Å². The lowest BCUT2D eigenvalue weighted by Crippen LogP contribution is -1.95. The van der Waals surface area contributed by atoms with Crippen molar-refractivity contribution in [3.05, 3.63) is 83.4 Å². The fraction of sp³-hybridized carbons (Fsp3) is 0.133. The zero-order valence-electron chi connectivity index (χ0n) is 21.8. The van der Waals surface area contributed by atoms with Gasteiger partial charge in [0.2, 0.25) is 0 Å². The zero-order chi connectivity index (χ0) is 27.5. The predicted molar refractivity (Wildman–Crippen MR) is 162 cm³/mol. The summed E-state index contributed by atoms with van der Waals surface area (Å²) >= 11 is 3.27. The number of hydrogen-bond acceptors (Lipinski definition) is 9. The van der Waals surface area contributed by atoms with Crippen LogP contribution in [0.15, 0.2) is 75.9 Å². The molecule has 0 spiro atoms. The molecule has 0 saturated carbocycles. The maximum absolute atomic E-state index is 11.0. The fourth-order valence-electron chi connectivity index (χ4n) is 4.77. The van der Waals surface area contributed by atoms with Crippen LogP contribution in [0.2, 0.25) is 0 Å². The molecule has 39 heavy (non-hydrogen) atoms. The molecular weight excluding hydrogens is 526 g/mol. The van der Waals surface area contributed by atoms with Crippen molar-refractivity contribution < 1.29 is 10.0 Å². The molecule has 0 unspecified atom stereocenters. The lowest BCUT2D eigenvalue weighted by atomic mass is 10.0. The van der Waals surface area contributed by atoms with E-state index in [1.54, 1.807) is 35.9 Å². The van der Waals surface area contributed by atoms with E-state index in [9.17, 15) is 4.79 Å². The molecule has 0 bridgehead atoms. The first-order chi connectivity index (χ1) is 19.0. The van der Waals surface area contributed by atoms with Crippen molar-refractivity contribution in [1.29, 1.82) is 0 Å². The molecule has 9 heteroatoms. The van der Waals surface area contributed by atoms with Crippen LogP contribution in [0, 0.1) is 13.8 Å². The second-order valence-electron chi connectivity index (χ2n) is 8.85. The number of fused-ring (bicyclic) bond motifs is 6. The van der Waals surface area contributed by atoms with Crippen molar-refractivity contribution in [3.63, 3.8) is 0 Å². The molecule has 2 aromatic carbocycles. The molecule has 194 valence electrons. The highest BCUT2D eigenvalue weighted by molar-refractivity contribution is 7.99. The van der Waals surface area contributed by atoms with E-state index in [-0.39, 0.29) is 0 Å². The maximum Gasteiger partial charge on any atom is 0.168 e. The van der Waals surface area contributed by atoms with E-state index in [4.69, 9.17) is 5.21 Å². The van der Waals surface area contributed by atoms with Gasteiger partial charge in [-0.25, -0.2) is 9.97 Å². The average Bonchev–Trinajstić information content (AvgIpc) is 2.96. The van der Waals surface area contributed by atoms with E-state index in [1.165, 1.54) is 11.8 Å². The van der Waals surface area contributed by atoms with Gasteiger partial charge in [-0.2, -0.15) is 0 Å². The lowest BCUT2D eigenvalue weighted by molar-refractivity contribution is 0.111. The summed E-state index contributed by atoms with van der Waals surface area (Å²) in [5.74, 6) is 0. The second-order valence-corrected chi connectivity index (χ2v) is 10.5. The van der Waals surface area contributed by atoms with Gasteiger partial charge in [0.15, 0.2) is 6.29 Å². The standard InChI is InChI=1S/C15H13N3OS.C15H12N2OS/c1-9-6-10-4-3-5-16-14(10)15-13(9)12(20-2)7-11(18-15)8-17-19;1-9-6-10-4-3-5-16-14(10)15-13(9)12(19-2)7-11(8-18)17-15/h3-8,19H,1-2H3;3-8H,1-2H3/b17-8+;. The summed E-state index contributed by atoms with van der Waals surface area (Å²) in [6, 6.07) is 15.9. The van der Waals surface area contributed by atoms with Crippen LogP contribution < -0.4 is 0 Å². The first-order valence-corrected chi connectivity index (χ1v) is 14.5. The Morgan fingerprint density at radius 1 is 0.744 bits per heavy atom. The molecule has 7 nitrogen and oxygen atoms in total. The Balaban J connectivity index is 0.000000158. The monoisotopic (exact) mass is 551 g/mol. The van der Waals surface area contributed by atoms with Crippen LogP contribution in [-0.4, -0.2) is 50.2 Å². The van der Waals surface area contributed by atoms with Crippen LogP contribution >= 0.6 is 23.5 Å². The first kappa shape index (κ1) is 26.5. The third-order valence-electron chi connectivity index (χ3n) is 6.42. The number of oxime groups is 1. The summed E-state index contributed by atoms with van der Waals surface area (Å²) < 4.78 is 0. The molecule has 0 aliphatic rings. The summed E-state index contributed by atoms with van der Waals surface area (Å²) in [6.07, 6.45) is 9.68. The molecule has 1 N–H and O–H groups in total. The number of carbonyl (C=O) groups excluding carboxylic acids is 1. The summed E-state index contributed by atoms with van der Waals surface area (Å²) in [5.41, 5.74) is 6.79. The highest BCUT2D eigenvalue weighted by Gasteiger charge is 2.13. The van der Waals surface area contributed by atoms with E-state index in [2.05, 4.69) is 51.1 Å². The minimum atomic E-state index is 0.453. The first-order valence-electron chi connectivity index (χ1n) is 12.1. The molecule has 4 aromatic heterocycles. The van der Waals surface area contributed by atoms with Crippen molar-refractivity contribution in [1.82, 2.24) is 19.9 Å². The van der Waals surface area contributed by atoms with Gasteiger partial charge in [-0.1, -0.05) is 17.3 Å². The summed E-state index contributed by atoms with van der Waals surface area (Å²) in [7, 11) is 0. The molecule has 0 radical (unpaired) electrons. The van der Waals surface area contributed by atoms with Gasteiger partial charge in [0.1, 0.15) is 5.69 Å². The third kappa shape index (κ3) is 5.03. The Bertz CT molecular complexity index is 1910. The number of rotatable bonds is 4. The minimum absolute atomic E-state index is 0.453. The Morgan fingerprint density at radius 3 is 1.69 bits per heavy atom. The molecular formula is C30H25N5O2S2. The van der Waals surface area contributed by atoms with Crippen molar-refractivity contribution in [2.45, 2.75) is 23.6 Å². The Hall–Kier alpha value is -4.08. The number of aldehydes is 1. The molecule has 4 heterocycles. The van der Waals surface area contributed by atoms with Crippen molar-refractivity contribution in [2.75, 3.05) is 12.5 Å². The number of benzene rings is 2. The van der Waals surface area contributed by atoms with Crippen LogP contribution in [0.4, 0.5) is 0 Å². The smallest absolute Gasteiger partial charge is 0.168 e. The van der Waals surface area contributed by atoms with Gasteiger partial charge in [0, 0.05) is 43.7 Å². The van der Waals surface area contributed by atoms with Crippen LogP contribution in [0.25, 0.3) is 43.6 Å². The third-order valence-corrected chi connectivity index (χ3v) is 7.94. The summed E-state index contributed by atoms with van der Waals surface area (Å²) in [6.45, 7) is 4.15. The molecule has 0 aliphatic heterocycles. The van der Waals surface area contributed by atoms with Gasteiger partial charge < -0.3 is 5.21 Å². The molecule has 6 aromatic rings. The summed E-state index contributed by atoms with van der Waals surface area (Å²) in [5, 5.41) is 16.1. The highest BCUT2D eigenvalue weighted by atomic mass is 32.2. The molecule has 0 fully saturated rings. The predicted octanol–water partition coefficient (Wildman–Crippen LogP) is 7.25. The van der Waals surface area contributed by atoms with Crippen molar-refractivity contribution in [3.8, 4) is 0 Å². The van der Waals surface area contributed by atoms with E-state index in [0.29, 0.717) is 11.4 Å². The SMILES string of the molecule is CSc1cc(/C=N/O)nc2c1c(C)cc1cccnc12.CSc1cc(C=O)nc2c1c(C)cc1cccnc12. The van der Waals surface area contributed by atoms with Gasteiger partial charge in [-0.3, -0.25) is 14.8 Å². The van der Waals surface area contributed by atoms with Crippen molar-refractivity contribution in [2.24, 2.45) is 5.16 Å². The van der Waals surface area contributed by atoms with E-state index in [0.717, 1.165) is 65.3 Å². The van der Waals surface area contributed by atoms with Gasteiger partial charge in [0.25, 0.3) is 0 Å². The number of aromatic nitrogens is 4. The molecule has 0 amide bonds. The lowest BCUT2D eigenvalue weighted by Gasteiger charge is -2.10. The molecule has 0 atom stereocenters. The number of carbonyl (C=O) groups is 1. The number of aryl methyl sites for hydroxylation is 2. The average molecular weight is 552 g/mol. The van der Waals surface area contributed by atoms with Crippen LogP contribution in [0.1, 0.15) is 27.3 Å². The number of hydrogen-bond donors (Lipinski definition) is 1. The topological polar surface area (TPSA) is 101 Å². The minimum Gasteiger partial charge on any atom is -0.411 e. The largest absolute Gasteiger partial charge is 0.411 e. The Kier molecular flexibility index (Phi) is 7.72. The molecule has 0 aliphatic carbocycles. The highest BCUT2D eigenvalue weighted by Crippen LogP contribution is 2.34. The van der Waals surface area contributed by atoms with E-state index < -0.39 is 0 Å².